The Hall–Kier alpha value is -0.820. The summed E-state index contributed by atoms with van der Waals surface area (Å²) < 4.78 is 0. The molecule has 0 heterocycles. The Bertz CT molecular complexity index is 442. The molecule has 1 aliphatic carbocycles. The van der Waals surface area contributed by atoms with Crippen molar-refractivity contribution in [1.82, 2.24) is 0 Å². The molecule has 0 aromatic heterocycles. The van der Waals surface area contributed by atoms with Crippen molar-refractivity contribution in [2.75, 3.05) is 0 Å². The van der Waals surface area contributed by atoms with Crippen molar-refractivity contribution < 1.29 is 0 Å². The van der Waals surface area contributed by atoms with E-state index in [1.54, 1.807) is 0 Å². The summed E-state index contributed by atoms with van der Waals surface area (Å²) in [6.45, 7) is 11.6. The van der Waals surface area contributed by atoms with Gasteiger partial charge in [0, 0.05) is 5.54 Å². The molecule has 0 aliphatic heterocycles. The van der Waals surface area contributed by atoms with Crippen LogP contribution in [-0.4, -0.2) is 5.54 Å². The molecule has 1 aliphatic rings. The van der Waals surface area contributed by atoms with Gasteiger partial charge in [0.15, 0.2) is 0 Å². The van der Waals surface area contributed by atoms with Gasteiger partial charge in [-0.05, 0) is 60.5 Å². The SMILES string of the molecule is CC(C)c1ccc(CC2(N)CCC(C(C)(C)C)CC2)cc1. The smallest absolute Gasteiger partial charge is 0.0195 e. The third kappa shape index (κ3) is 4.32. The molecule has 118 valence electrons. The van der Waals surface area contributed by atoms with Gasteiger partial charge in [-0.15, -0.1) is 0 Å². The molecule has 0 saturated heterocycles. The van der Waals surface area contributed by atoms with Gasteiger partial charge in [-0.2, -0.15) is 0 Å². The van der Waals surface area contributed by atoms with Crippen LogP contribution in [0.2, 0.25) is 0 Å². The van der Waals surface area contributed by atoms with Crippen molar-refractivity contribution in [1.29, 1.82) is 0 Å². The van der Waals surface area contributed by atoms with Crippen molar-refractivity contribution in [2.24, 2.45) is 17.1 Å². The van der Waals surface area contributed by atoms with Crippen LogP contribution in [0.15, 0.2) is 24.3 Å². The third-order valence-corrected chi connectivity index (χ3v) is 5.41. The molecule has 0 spiro atoms. The third-order valence-electron chi connectivity index (χ3n) is 5.41. The van der Waals surface area contributed by atoms with Gasteiger partial charge in [0.05, 0.1) is 0 Å². The average Bonchev–Trinajstić information content (AvgIpc) is 2.38. The van der Waals surface area contributed by atoms with Crippen molar-refractivity contribution in [3.05, 3.63) is 35.4 Å². The number of benzene rings is 1. The Kier molecular flexibility index (Phi) is 4.82. The van der Waals surface area contributed by atoms with Crippen LogP contribution < -0.4 is 5.73 Å². The van der Waals surface area contributed by atoms with Crippen molar-refractivity contribution >= 4 is 0 Å². The van der Waals surface area contributed by atoms with Gasteiger partial charge in [0.25, 0.3) is 0 Å². The lowest BCUT2D eigenvalue weighted by atomic mass is 9.66. The van der Waals surface area contributed by atoms with E-state index in [1.807, 2.05) is 0 Å². The number of rotatable bonds is 3. The van der Waals surface area contributed by atoms with E-state index in [-0.39, 0.29) is 5.54 Å². The Labute approximate surface area is 131 Å². The monoisotopic (exact) mass is 287 g/mol. The lowest BCUT2D eigenvalue weighted by Gasteiger charge is -2.42. The van der Waals surface area contributed by atoms with Crippen LogP contribution in [0.25, 0.3) is 0 Å². The molecule has 0 radical (unpaired) electrons. The molecule has 1 saturated carbocycles. The largest absolute Gasteiger partial charge is 0.325 e. The molecule has 21 heavy (non-hydrogen) atoms. The second kappa shape index (κ2) is 6.12. The number of hydrogen-bond donors (Lipinski definition) is 1. The Morgan fingerprint density at radius 1 is 1.10 bits per heavy atom. The van der Waals surface area contributed by atoms with Crippen molar-refractivity contribution in [2.45, 2.75) is 78.2 Å². The highest BCUT2D eigenvalue weighted by atomic mass is 14.7. The zero-order valence-electron chi connectivity index (χ0n) is 14.6. The fourth-order valence-corrected chi connectivity index (χ4v) is 3.66. The van der Waals surface area contributed by atoms with Crippen LogP contribution in [0, 0.1) is 11.3 Å². The van der Waals surface area contributed by atoms with Crippen LogP contribution in [0.5, 0.6) is 0 Å². The summed E-state index contributed by atoms with van der Waals surface area (Å²) in [7, 11) is 0. The molecule has 1 aromatic carbocycles. The van der Waals surface area contributed by atoms with Gasteiger partial charge < -0.3 is 5.73 Å². The number of hydrogen-bond acceptors (Lipinski definition) is 1. The quantitative estimate of drug-likeness (QED) is 0.803. The fraction of sp³-hybridized carbons (Fsp3) is 0.700. The first-order chi connectivity index (χ1) is 9.70. The molecule has 0 amide bonds. The van der Waals surface area contributed by atoms with Crippen LogP contribution >= 0.6 is 0 Å². The minimum absolute atomic E-state index is 0.0150. The summed E-state index contributed by atoms with van der Waals surface area (Å²) in [5.41, 5.74) is 9.96. The van der Waals surface area contributed by atoms with Gasteiger partial charge in [0.1, 0.15) is 0 Å². The molecule has 2 N–H and O–H groups in total. The summed E-state index contributed by atoms with van der Waals surface area (Å²) in [6.07, 6.45) is 5.93. The molecule has 0 atom stereocenters. The van der Waals surface area contributed by atoms with Gasteiger partial charge in [-0.1, -0.05) is 58.9 Å². The summed E-state index contributed by atoms with van der Waals surface area (Å²) in [5.74, 6) is 1.44. The van der Waals surface area contributed by atoms with E-state index in [1.165, 1.54) is 36.8 Å². The lowest BCUT2D eigenvalue weighted by molar-refractivity contribution is 0.134. The summed E-state index contributed by atoms with van der Waals surface area (Å²) in [4.78, 5) is 0. The van der Waals surface area contributed by atoms with Crippen LogP contribution in [0.4, 0.5) is 0 Å². The van der Waals surface area contributed by atoms with Crippen LogP contribution in [-0.2, 0) is 6.42 Å². The maximum absolute atomic E-state index is 6.69. The zero-order valence-corrected chi connectivity index (χ0v) is 14.6. The molecule has 0 bridgehead atoms. The highest BCUT2D eigenvalue weighted by Crippen LogP contribution is 2.41. The molecule has 1 fully saturated rings. The Morgan fingerprint density at radius 2 is 1.62 bits per heavy atom. The topological polar surface area (TPSA) is 26.0 Å². The van der Waals surface area contributed by atoms with Crippen molar-refractivity contribution in [3.8, 4) is 0 Å². The molecule has 2 rings (SSSR count). The highest BCUT2D eigenvalue weighted by Gasteiger charge is 2.36. The second-order valence-electron chi connectivity index (χ2n) is 8.58. The van der Waals surface area contributed by atoms with E-state index < -0.39 is 0 Å². The minimum Gasteiger partial charge on any atom is -0.325 e. The summed E-state index contributed by atoms with van der Waals surface area (Å²) in [5, 5.41) is 0. The average molecular weight is 287 g/mol. The minimum atomic E-state index is 0.0150. The predicted molar refractivity (Wildman–Crippen MR) is 92.6 cm³/mol. The van der Waals surface area contributed by atoms with Crippen molar-refractivity contribution in [3.63, 3.8) is 0 Å². The Morgan fingerprint density at radius 3 is 2.05 bits per heavy atom. The molecular formula is C20H33N. The van der Waals surface area contributed by atoms with E-state index in [4.69, 9.17) is 5.73 Å². The molecular weight excluding hydrogens is 254 g/mol. The van der Waals surface area contributed by atoms with Crippen LogP contribution in [0.1, 0.15) is 77.3 Å². The lowest BCUT2D eigenvalue weighted by Crippen LogP contribution is -2.46. The first-order valence-electron chi connectivity index (χ1n) is 8.57. The highest BCUT2D eigenvalue weighted by molar-refractivity contribution is 5.26. The van der Waals surface area contributed by atoms with Gasteiger partial charge >= 0.3 is 0 Å². The summed E-state index contributed by atoms with van der Waals surface area (Å²) in [6, 6.07) is 9.09. The molecule has 0 unspecified atom stereocenters. The molecule has 1 heteroatoms. The Balaban J connectivity index is 1.97. The van der Waals surface area contributed by atoms with E-state index in [9.17, 15) is 0 Å². The second-order valence-corrected chi connectivity index (χ2v) is 8.58. The first kappa shape index (κ1) is 16.5. The van der Waals surface area contributed by atoms with Crippen LogP contribution in [0.3, 0.4) is 0 Å². The van der Waals surface area contributed by atoms with E-state index in [0.29, 0.717) is 11.3 Å². The van der Waals surface area contributed by atoms with Gasteiger partial charge in [0.2, 0.25) is 0 Å². The maximum atomic E-state index is 6.69. The normalized spacial score (nSPS) is 27.1. The fourth-order valence-electron chi connectivity index (χ4n) is 3.66. The standard InChI is InChI=1S/C20H33N/c1-15(2)17-8-6-16(7-9-17)14-20(21)12-10-18(11-13-20)19(3,4)5/h6-9,15,18H,10-14,21H2,1-5H3. The first-order valence-corrected chi connectivity index (χ1v) is 8.57. The van der Waals surface area contributed by atoms with E-state index in [0.717, 1.165) is 12.3 Å². The van der Waals surface area contributed by atoms with E-state index >= 15 is 0 Å². The number of nitrogens with two attached hydrogens (primary N) is 1. The molecule has 1 aromatic rings. The predicted octanol–water partition coefficient (Wildman–Crippen LogP) is 5.29. The van der Waals surface area contributed by atoms with E-state index in [2.05, 4.69) is 58.9 Å². The summed E-state index contributed by atoms with van der Waals surface area (Å²) >= 11 is 0. The molecule has 1 nitrogen and oxygen atoms in total. The van der Waals surface area contributed by atoms with Gasteiger partial charge in [-0.3, -0.25) is 0 Å². The van der Waals surface area contributed by atoms with Gasteiger partial charge in [-0.25, -0.2) is 0 Å². The maximum Gasteiger partial charge on any atom is 0.0195 e. The zero-order chi connectivity index (χ0) is 15.7.